The Hall–Kier alpha value is -0.520. The minimum Gasteiger partial charge on any atom is -0.393 e. The van der Waals surface area contributed by atoms with Crippen molar-refractivity contribution in [3.8, 4) is 0 Å². The van der Waals surface area contributed by atoms with E-state index in [-0.39, 0.29) is 6.10 Å². The van der Waals surface area contributed by atoms with Gasteiger partial charge >= 0.3 is 0 Å². The minimum absolute atomic E-state index is 0.0756. The van der Waals surface area contributed by atoms with Gasteiger partial charge in [0.15, 0.2) is 0 Å². The molecule has 1 rings (SSSR count). The van der Waals surface area contributed by atoms with Crippen LogP contribution in [0.15, 0.2) is 18.4 Å². The molecule has 1 heteroatoms. The van der Waals surface area contributed by atoms with Crippen LogP contribution >= 0.6 is 0 Å². The summed E-state index contributed by atoms with van der Waals surface area (Å²) in [5.74, 6) is 0.470. The van der Waals surface area contributed by atoms with Crippen LogP contribution in [-0.2, 0) is 0 Å². The molecule has 1 nitrogen and oxygen atoms in total. The molecular weight excluding hydrogens is 136 g/mol. The Morgan fingerprint density at radius 3 is 2.82 bits per heavy atom. The van der Waals surface area contributed by atoms with Gasteiger partial charge in [-0.25, -0.2) is 0 Å². The van der Waals surface area contributed by atoms with Gasteiger partial charge < -0.3 is 5.11 Å². The second-order valence-corrected chi connectivity index (χ2v) is 3.26. The van der Waals surface area contributed by atoms with E-state index in [1.807, 2.05) is 6.08 Å². The number of hydrogen-bond donors (Lipinski definition) is 1. The Bertz CT molecular complexity index is 156. The van der Waals surface area contributed by atoms with Crippen molar-refractivity contribution < 1.29 is 5.11 Å². The van der Waals surface area contributed by atoms with Gasteiger partial charge in [-0.3, -0.25) is 0 Å². The maximum atomic E-state index is 9.53. The Morgan fingerprint density at radius 1 is 1.45 bits per heavy atom. The van der Waals surface area contributed by atoms with E-state index in [1.54, 1.807) is 0 Å². The molecule has 1 fully saturated rings. The fourth-order valence-electron chi connectivity index (χ4n) is 1.70. The summed E-state index contributed by atoms with van der Waals surface area (Å²) in [4.78, 5) is 0. The average Bonchev–Trinajstić information content (AvgIpc) is 2.03. The molecule has 1 aliphatic rings. The molecule has 0 bridgehead atoms. The number of rotatable bonds is 2. The highest BCUT2D eigenvalue weighted by atomic mass is 16.3. The molecule has 0 spiro atoms. The zero-order valence-electron chi connectivity index (χ0n) is 6.92. The maximum Gasteiger partial charge on any atom is 0.0571 e. The summed E-state index contributed by atoms with van der Waals surface area (Å²) in [7, 11) is 0. The van der Waals surface area contributed by atoms with Crippen molar-refractivity contribution >= 4 is 0 Å². The summed E-state index contributed by atoms with van der Waals surface area (Å²) in [5, 5.41) is 9.53. The first-order chi connectivity index (χ1) is 5.34. The third-order valence-corrected chi connectivity index (χ3v) is 2.43. The molecular formula is C10H16O. The molecule has 2 atom stereocenters. The van der Waals surface area contributed by atoms with Crippen molar-refractivity contribution in [2.24, 2.45) is 5.92 Å². The van der Waals surface area contributed by atoms with Crippen LogP contribution in [0, 0.1) is 5.92 Å². The maximum absolute atomic E-state index is 9.53. The van der Waals surface area contributed by atoms with E-state index >= 15 is 0 Å². The second kappa shape index (κ2) is 4.38. The third kappa shape index (κ3) is 2.53. The van der Waals surface area contributed by atoms with Crippen molar-refractivity contribution in [3.63, 3.8) is 0 Å². The van der Waals surface area contributed by atoms with E-state index in [1.165, 1.54) is 19.3 Å². The highest BCUT2D eigenvalue weighted by molar-refractivity contribution is 4.84. The molecule has 0 aromatic rings. The molecule has 0 heterocycles. The SMILES string of the molecule is C=C=CC[C@@H]1CCCC[C@H]1O. The van der Waals surface area contributed by atoms with Gasteiger partial charge in [-0.1, -0.05) is 19.4 Å². The first kappa shape index (κ1) is 8.58. The lowest BCUT2D eigenvalue weighted by Crippen LogP contribution is -2.23. The summed E-state index contributed by atoms with van der Waals surface area (Å²) in [6.45, 7) is 3.51. The first-order valence-corrected chi connectivity index (χ1v) is 4.37. The Morgan fingerprint density at radius 2 is 2.18 bits per heavy atom. The zero-order valence-corrected chi connectivity index (χ0v) is 6.92. The molecule has 0 radical (unpaired) electrons. The van der Waals surface area contributed by atoms with E-state index in [0.29, 0.717) is 5.92 Å². The standard InChI is InChI=1S/C10H16O/c1-2-3-6-9-7-4-5-8-10(9)11/h3,9-11H,1,4-8H2/t9-,10-/m1/s1. The van der Waals surface area contributed by atoms with Gasteiger partial charge in [0.1, 0.15) is 0 Å². The molecule has 0 saturated heterocycles. The van der Waals surface area contributed by atoms with E-state index in [9.17, 15) is 5.11 Å². The van der Waals surface area contributed by atoms with Gasteiger partial charge in [-0.05, 0) is 31.3 Å². The number of hydrogen-bond acceptors (Lipinski definition) is 1. The molecule has 0 amide bonds. The van der Waals surface area contributed by atoms with Crippen LogP contribution in [0.4, 0.5) is 0 Å². The quantitative estimate of drug-likeness (QED) is 0.602. The molecule has 0 aromatic carbocycles. The molecule has 0 aliphatic heterocycles. The summed E-state index contributed by atoms with van der Waals surface area (Å²) < 4.78 is 0. The predicted molar refractivity (Wildman–Crippen MR) is 46.3 cm³/mol. The molecule has 62 valence electrons. The van der Waals surface area contributed by atoms with Crippen molar-refractivity contribution in [1.29, 1.82) is 0 Å². The van der Waals surface area contributed by atoms with Gasteiger partial charge in [0, 0.05) is 0 Å². The lowest BCUT2D eigenvalue weighted by molar-refractivity contribution is 0.0714. The van der Waals surface area contributed by atoms with Crippen LogP contribution in [-0.4, -0.2) is 11.2 Å². The van der Waals surface area contributed by atoms with E-state index in [4.69, 9.17) is 0 Å². The van der Waals surface area contributed by atoms with Gasteiger partial charge in [0.25, 0.3) is 0 Å². The summed E-state index contributed by atoms with van der Waals surface area (Å²) in [5.41, 5.74) is 2.75. The lowest BCUT2D eigenvalue weighted by Gasteiger charge is -2.26. The highest BCUT2D eigenvalue weighted by Crippen LogP contribution is 2.26. The molecule has 1 N–H and O–H groups in total. The monoisotopic (exact) mass is 152 g/mol. The van der Waals surface area contributed by atoms with Crippen molar-refractivity contribution in [2.75, 3.05) is 0 Å². The van der Waals surface area contributed by atoms with Crippen LogP contribution in [0.5, 0.6) is 0 Å². The van der Waals surface area contributed by atoms with Gasteiger partial charge in [-0.2, -0.15) is 0 Å². The largest absolute Gasteiger partial charge is 0.393 e. The van der Waals surface area contributed by atoms with Crippen LogP contribution in [0.3, 0.4) is 0 Å². The Kier molecular flexibility index (Phi) is 3.41. The normalized spacial score (nSPS) is 31.0. The fourth-order valence-corrected chi connectivity index (χ4v) is 1.70. The number of aliphatic hydroxyl groups is 1. The van der Waals surface area contributed by atoms with Crippen molar-refractivity contribution in [1.82, 2.24) is 0 Å². The lowest BCUT2D eigenvalue weighted by atomic mass is 9.84. The summed E-state index contributed by atoms with van der Waals surface area (Å²) in [6, 6.07) is 0. The first-order valence-electron chi connectivity index (χ1n) is 4.37. The molecule has 0 aromatic heterocycles. The van der Waals surface area contributed by atoms with Crippen molar-refractivity contribution in [3.05, 3.63) is 18.4 Å². The minimum atomic E-state index is -0.0756. The van der Waals surface area contributed by atoms with Crippen LogP contribution < -0.4 is 0 Å². The fraction of sp³-hybridized carbons (Fsp3) is 0.700. The van der Waals surface area contributed by atoms with Gasteiger partial charge in [-0.15, -0.1) is 5.73 Å². The molecule has 1 saturated carbocycles. The van der Waals surface area contributed by atoms with Gasteiger partial charge in [0.2, 0.25) is 0 Å². The van der Waals surface area contributed by atoms with Crippen LogP contribution in [0.25, 0.3) is 0 Å². The Labute approximate surface area is 68.4 Å². The van der Waals surface area contributed by atoms with Gasteiger partial charge in [0.05, 0.1) is 6.10 Å². The molecule has 11 heavy (non-hydrogen) atoms. The summed E-state index contributed by atoms with van der Waals surface area (Å²) in [6.07, 6.45) is 7.41. The smallest absolute Gasteiger partial charge is 0.0571 e. The van der Waals surface area contributed by atoms with E-state index in [0.717, 1.165) is 12.8 Å². The second-order valence-electron chi connectivity index (χ2n) is 3.26. The van der Waals surface area contributed by atoms with Crippen LogP contribution in [0.2, 0.25) is 0 Å². The number of aliphatic hydroxyl groups excluding tert-OH is 1. The van der Waals surface area contributed by atoms with Crippen LogP contribution in [0.1, 0.15) is 32.1 Å². The van der Waals surface area contributed by atoms with E-state index < -0.39 is 0 Å². The summed E-state index contributed by atoms with van der Waals surface area (Å²) >= 11 is 0. The van der Waals surface area contributed by atoms with E-state index in [2.05, 4.69) is 12.3 Å². The number of allylic oxidation sites excluding steroid dienone is 1. The zero-order chi connectivity index (χ0) is 8.10. The molecule has 1 aliphatic carbocycles. The average molecular weight is 152 g/mol. The van der Waals surface area contributed by atoms with Crippen molar-refractivity contribution in [2.45, 2.75) is 38.2 Å². The molecule has 0 unspecified atom stereocenters. The Balaban J connectivity index is 2.35. The third-order valence-electron chi connectivity index (χ3n) is 2.43. The predicted octanol–water partition coefficient (Wildman–Crippen LogP) is 2.27. The highest BCUT2D eigenvalue weighted by Gasteiger charge is 2.21. The topological polar surface area (TPSA) is 20.2 Å².